The van der Waals surface area contributed by atoms with E-state index in [9.17, 15) is 4.39 Å². The lowest BCUT2D eigenvalue weighted by atomic mass is 9.89. The van der Waals surface area contributed by atoms with E-state index in [1.54, 1.807) is 17.4 Å². The molecular weight excluding hydrogens is 403 g/mol. The minimum absolute atomic E-state index is 0.0124. The van der Waals surface area contributed by atoms with Crippen LogP contribution in [0.5, 0.6) is 0 Å². The first kappa shape index (κ1) is 24.0. The fourth-order valence-electron chi connectivity index (χ4n) is 4.71. The molecule has 2 atom stereocenters. The second-order valence-corrected chi connectivity index (χ2v) is 9.91. The molecule has 0 saturated carbocycles. The van der Waals surface area contributed by atoms with Crippen molar-refractivity contribution < 1.29 is 4.39 Å². The highest BCUT2D eigenvalue weighted by molar-refractivity contribution is 7.15. The molecule has 0 aliphatic carbocycles. The highest BCUT2D eigenvalue weighted by Crippen LogP contribution is 2.33. The van der Waals surface area contributed by atoms with Gasteiger partial charge in [0.25, 0.3) is 0 Å². The molecule has 170 valence electrons. The van der Waals surface area contributed by atoms with Crippen LogP contribution in [-0.4, -0.2) is 9.38 Å². The van der Waals surface area contributed by atoms with Crippen molar-refractivity contribution in [2.24, 2.45) is 0 Å². The lowest BCUT2D eigenvalue weighted by molar-refractivity contribution is 0.492. The summed E-state index contributed by atoms with van der Waals surface area (Å²) in [5.74, 6) is 0.804. The van der Waals surface area contributed by atoms with Gasteiger partial charge in [-0.15, -0.1) is 11.3 Å². The number of imidazole rings is 1. The number of nitrogens with zero attached hydrogens (tertiary/aromatic N) is 2. The van der Waals surface area contributed by atoms with Crippen LogP contribution in [0.15, 0.2) is 36.0 Å². The van der Waals surface area contributed by atoms with Crippen molar-refractivity contribution in [1.82, 2.24) is 9.38 Å². The Labute approximate surface area is 191 Å². The molecule has 0 bridgehead atoms. The summed E-state index contributed by atoms with van der Waals surface area (Å²) in [5.41, 5.74) is 3.42. The number of aryl methyl sites for hydroxylation is 1. The maximum atomic E-state index is 14.8. The molecule has 2 unspecified atom stereocenters. The number of hydrogen-bond acceptors (Lipinski definition) is 2. The lowest BCUT2D eigenvalue weighted by Crippen LogP contribution is -2.04. The Morgan fingerprint density at radius 2 is 1.84 bits per heavy atom. The number of thiazole rings is 1. The summed E-state index contributed by atoms with van der Waals surface area (Å²) in [4.78, 5) is 5.50. The molecule has 3 aromatic rings. The minimum Gasteiger partial charge on any atom is -0.294 e. The molecule has 2 aromatic heterocycles. The van der Waals surface area contributed by atoms with Crippen LogP contribution in [0.1, 0.15) is 114 Å². The van der Waals surface area contributed by atoms with Gasteiger partial charge in [-0.25, -0.2) is 9.37 Å². The van der Waals surface area contributed by atoms with Gasteiger partial charge in [0.2, 0.25) is 0 Å². The van der Waals surface area contributed by atoms with Crippen LogP contribution in [0.25, 0.3) is 4.96 Å². The average molecular weight is 443 g/mol. The Balaban J connectivity index is 1.51. The molecule has 1 aromatic carbocycles. The first-order valence-electron chi connectivity index (χ1n) is 12.3. The van der Waals surface area contributed by atoms with E-state index in [4.69, 9.17) is 0 Å². The molecule has 4 heteroatoms. The maximum Gasteiger partial charge on any atom is 0.193 e. The molecule has 0 aliphatic rings. The molecule has 0 aliphatic heterocycles. The Bertz CT molecular complexity index is 913. The van der Waals surface area contributed by atoms with Crippen LogP contribution >= 0.6 is 11.3 Å². The van der Waals surface area contributed by atoms with E-state index < -0.39 is 0 Å². The standard InChI is InChI=1S/C27H39FN2S/c1-4-6-7-8-9-13-22-15-16-24(25(28)19-22)21(3)12-10-14-23(11-5-2)26-20-31-27-29-17-18-30(26)27/h15-21,23H,4-14H2,1-3H3. The predicted octanol–water partition coefficient (Wildman–Crippen LogP) is 8.91. The monoisotopic (exact) mass is 442 g/mol. The summed E-state index contributed by atoms with van der Waals surface area (Å²) in [6.45, 7) is 6.67. The highest BCUT2D eigenvalue weighted by atomic mass is 32.1. The molecule has 0 amide bonds. The summed E-state index contributed by atoms with van der Waals surface area (Å²) in [6, 6.07) is 5.97. The van der Waals surface area contributed by atoms with E-state index in [0.29, 0.717) is 5.92 Å². The molecule has 0 fully saturated rings. The first-order valence-corrected chi connectivity index (χ1v) is 13.2. The van der Waals surface area contributed by atoms with Crippen molar-refractivity contribution in [1.29, 1.82) is 0 Å². The average Bonchev–Trinajstić information content (AvgIpc) is 3.37. The smallest absolute Gasteiger partial charge is 0.193 e. The second kappa shape index (κ2) is 12.4. The Hall–Kier alpha value is -1.68. The van der Waals surface area contributed by atoms with Gasteiger partial charge in [-0.05, 0) is 55.2 Å². The van der Waals surface area contributed by atoms with Crippen molar-refractivity contribution >= 4 is 16.3 Å². The van der Waals surface area contributed by atoms with Crippen molar-refractivity contribution in [3.05, 3.63) is 58.6 Å². The molecule has 2 heterocycles. The zero-order valence-electron chi connectivity index (χ0n) is 19.6. The minimum atomic E-state index is -0.0124. The number of benzene rings is 1. The van der Waals surface area contributed by atoms with Crippen molar-refractivity contribution in [2.45, 2.75) is 103 Å². The van der Waals surface area contributed by atoms with E-state index in [0.717, 1.165) is 41.8 Å². The summed E-state index contributed by atoms with van der Waals surface area (Å²) in [7, 11) is 0. The largest absolute Gasteiger partial charge is 0.294 e. The topological polar surface area (TPSA) is 17.3 Å². The van der Waals surface area contributed by atoms with Gasteiger partial charge in [-0.3, -0.25) is 4.40 Å². The molecule has 0 spiro atoms. The number of aromatic nitrogens is 2. The molecule has 3 rings (SSSR count). The SMILES string of the molecule is CCCCCCCc1ccc(C(C)CCCC(CCC)c2csc3nccn23)c(F)c1. The van der Waals surface area contributed by atoms with E-state index in [1.165, 1.54) is 50.6 Å². The summed E-state index contributed by atoms with van der Waals surface area (Å²) < 4.78 is 17.0. The van der Waals surface area contributed by atoms with E-state index in [1.807, 2.05) is 12.3 Å². The van der Waals surface area contributed by atoms with Gasteiger partial charge in [0.05, 0.1) is 0 Å². The molecule has 0 N–H and O–H groups in total. The highest BCUT2D eigenvalue weighted by Gasteiger charge is 2.17. The lowest BCUT2D eigenvalue weighted by Gasteiger charge is -2.18. The van der Waals surface area contributed by atoms with Crippen LogP contribution in [0, 0.1) is 5.82 Å². The van der Waals surface area contributed by atoms with Gasteiger partial charge in [0, 0.05) is 29.4 Å². The zero-order chi connectivity index (χ0) is 22.1. The predicted molar refractivity (Wildman–Crippen MR) is 132 cm³/mol. The van der Waals surface area contributed by atoms with Crippen molar-refractivity contribution in [2.75, 3.05) is 0 Å². The third-order valence-corrected chi connectivity index (χ3v) is 7.45. The van der Waals surface area contributed by atoms with E-state index >= 15 is 0 Å². The van der Waals surface area contributed by atoms with Crippen LogP contribution in [-0.2, 0) is 6.42 Å². The summed E-state index contributed by atoms with van der Waals surface area (Å²) >= 11 is 1.73. The van der Waals surface area contributed by atoms with Gasteiger partial charge >= 0.3 is 0 Å². The van der Waals surface area contributed by atoms with Gasteiger partial charge in [-0.1, -0.05) is 71.4 Å². The number of unbranched alkanes of at least 4 members (excludes halogenated alkanes) is 4. The van der Waals surface area contributed by atoms with Crippen LogP contribution in [0.4, 0.5) is 4.39 Å². The summed E-state index contributed by atoms with van der Waals surface area (Å²) in [6.07, 6.45) is 16.9. The number of halogens is 1. The first-order chi connectivity index (χ1) is 15.1. The Morgan fingerprint density at radius 3 is 2.61 bits per heavy atom. The van der Waals surface area contributed by atoms with Gasteiger partial charge < -0.3 is 0 Å². The van der Waals surface area contributed by atoms with E-state index in [-0.39, 0.29) is 11.7 Å². The molecule has 0 saturated heterocycles. The van der Waals surface area contributed by atoms with Gasteiger partial charge in [0.1, 0.15) is 5.82 Å². The van der Waals surface area contributed by atoms with Crippen molar-refractivity contribution in [3.8, 4) is 0 Å². The van der Waals surface area contributed by atoms with Gasteiger partial charge in [-0.2, -0.15) is 0 Å². The third kappa shape index (κ3) is 6.65. The summed E-state index contributed by atoms with van der Waals surface area (Å²) in [5, 5.41) is 2.27. The number of fused-ring (bicyclic) bond motifs is 1. The Kier molecular flexibility index (Phi) is 9.57. The van der Waals surface area contributed by atoms with Crippen LogP contribution in [0.3, 0.4) is 0 Å². The maximum absolute atomic E-state index is 14.8. The van der Waals surface area contributed by atoms with Crippen LogP contribution < -0.4 is 0 Å². The number of hydrogen-bond donors (Lipinski definition) is 0. The second-order valence-electron chi connectivity index (χ2n) is 9.08. The normalized spacial score (nSPS) is 13.7. The Morgan fingerprint density at radius 1 is 1.00 bits per heavy atom. The fraction of sp³-hybridized carbons (Fsp3) is 0.593. The van der Waals surface area contributed by atoms with Crippen LogP contribution in [0.2, 0.25) is 0 Å². The number of rotatable bonds is 14. The zero-order valence-corrected chi connectivity index (χ0v) is 20.4. The van der Waals surface area contributed by atoms with Crippen molar-refractivity contribution in [3.63, 3.8) is 0 Å². The fourth-order valence-corrected chi connectivity index (χ4v) is 5.64. The van der Waals surface area contributed by atoms with E-state index in [2.05, 4.69) is 47.8 Å². The van der Waals surface area contributed by atoms with Gasteiger partial charge in [0.15, 0.2) is 4.96 Å². The molecule has 2 nitrogen and oxygen atoms in total. The quantitative estimate of drug-likeness (QED) is 0.228. The molecule has 0 radical (unpaired) electrons. The molecular formula is C27H39FN2S. The molecule has 31 heavy (non-hydrogen) atoms. The third-order valence-electron chi connectivity index (χ3n) is 6.58.